The van der Waals surface area contributed by atoms with Gasteiger partial charge >= 0.3 is 12.4 Å². The molecule has 0 bridgehead atoms. The molecule has 1 rings (SSSR count). The average molecular weight is 390 g/mol. The molecule has 26 heavy (non-hydrogen) atoms. The Kier molecular flexibility index (Phi) is 5.82. The minimum Gasteiger partial charge on any atom is -0.386 e. The number of hydrogen-bond acceptors (Lipinski definition) is 2. The molecule has 0 amide bonds. The lowest BCUT2D eigenvalue weighted by Gasteiger charge is -2.46. The monoisotopic (exact) mass is 390 g/mol. The van der Waals surface area contributed by atoms with Crippen LogP contribution in [0.5, 0.6) is 0 Å². The fraction of sp³-hybridized carbons (Fsp3) is 0.647. The number of rotatable bonds is 4. The van der Waals surface area contributed by atoms with Gasteiger partial charge < -0.3 is 9.84 Å². The smallest absolute Gasteiger partial charge is 0.386 e. The lowest BCUT2D eigenvalue weighted by atomic mass is 9.75. The van der Waals surface area contributed by atoms with Crippen LogP contribution in [0.4, 0.5) is 30.7 Å². The quantitative estimate of drug-likeness (QED) is 0.690. The van der Waals surface area contributed by atoms with Crippen molar-refractivity contribution in [3.63, 3.8) is 0 Å². The highest BCUT2D eigenvalue weighted by Gasteiger charge is 2.77. The molecule has 0 atom stereocenters. The van der Waals surface area contributed by atoms with Gasteiger partial charge in [-0.05, 0) is 25.5 Å². The van der Waals surface area contributed by atoms with Gasteiger partial charge in [-0.3, -0.25) is 0 Å². The van der Waals surface area contributed by atoms with E-state index >= 15 is 0 Å². The zero-order valence-electron chi connectivity index (χ0n) is 14.9. The minimum absolute atomic E-state index is 0.162. The van der Waals surface area contributed by atoms with E-state index in [0.29, 0.717) is 0 Å². The Morgan fingerprint density at radius 3 is 1.69 bits per heavy atom. The van der Waals surface area contributed by atoms with Gasteiger partial charge in [0.25, 0.3) is 5.60 Å². The SMILES string of the molecule is CC(C)(O)c1cccc(F)c1COC(C(C)(C)C)(C(F)(F)F)C(F)(F)F. The predicted molar refractivity (Wildman–Crippen MR) is 80.7 cm³/mol. The van der Waals surface area contributed by atoms with Crippen molar-refractivity contribution in [2.24, 2.45) is 5.41 Å². The molecule has 0 radical (unpaired) electrons. The molecule has 1 N–H and O–H groups in total. The van der Waals surface area contributed by atoms with Crippen molar-refractivity contribution < 1.29 is 40.6 Å². The molecule has 9 heteroatoms. The summed E-state index contributed by atoms with van der Waals surface area (Å²) >= 11 is 0. The number of ether oxygens (including phenoxy) is 1. The maximum atomic E-state index is 14.1. The van der Waals surface area contributed by atoms with Crippen molar-refractivity contribution in [2.45, 2.75) is 64.8 Å². The predicted octanol–water partition coefficient (Wildman–Crippen LogP) is 5.48. The lowest BCUT2D eigenvalue weighted by Crippen LogP contribution is -2.66. The van der Waals surface area contributed by atoms with Crippen molar-refractivity contribution in [3.05, 3.63) is 35.1 Å². The Morgan fingerprint density at radius 2 is 1.35 bits per heavy atom. The molecule has 0 aliphatic heterocycles. The van der Waals surface area contributed by atoms with Crippen LogP contribution in [-0.4, -0.2) is 23.1 Å². The van der Waals surface area contributed by atoms with Crippen molar-refractivity contribution in [1.82, 2.24) is 0 Å². The van der Waals surface area contributed by atoms with E-state index in [0.717, 1.165) is 26.8 Å². The van der Waals surface area contributed by atoms with Crippen molar-refractivity contribution in [1.29, 1.82) is 0 Å². The Morgan fingerprint density at radius 1 is 0.885 bits per heavy atom. The average Bonchev–Trinajstić information content (AvgIpc) is 2.34. The van der Waals surface area contributed by atoms with E-state index in [1.165, 1.54) is 26.0 Å². The van der Waals surface area contributed by atoms with Crippen LogP contribution < -0.4 is 0 Å². The largest absolute Gasteiger partial charge is 0.427 e. The van der Waals surface area contributed by atoms with Crippen LogP contribution in [0, 0.1) is 11.2 Å². The van der Waals surface area contributed by atoms with E-state index < -0.39 is 47.0 Å². The first-order valence-electron chi connectivity index (χ1n) is 7.64. The standard InChI is InChI=1S/C17H21F7O2/c1-13(2,3)15(16(19,20)21,17(22,23)24)26-9-10-11(14(4,5)25)7-6-8-12(10)18/h6-8,25H,9H2,1-5H3. The third-order valence-corrected chi connectivity index (χ3v) is 4.07. The molecule has 0 fully saturated rings. The highest BCUT2D eigenvalue weighted by molar-refractivity contribution is 5.32. The second-order valence-corrected chi connectivity index (χ2v) is 7.54. The maximum Gasteiger partial charge on any atom is 0.427 e. The van der Waals surface area contributed by atoms with Crippen molar-refractivity contribution in [2.75, 3.05) is 0 Å². The molecular weight excluding hydrogens is 369 g/mol. The van der Waals surface area contributed by atoms with Gasteiger partial charge in [0.05, 0.1) is 12.2 Å². The Hall–Kier alpha value is -1.35. The number of halogens is 7. The van der Waals surface area contributed by atoms with Gasteiger partial charge in [-0.2, -0.15) is 26.3 Å². The van der Waals surface area contributed by atoms with Gasteiger partial charge in [0.2, 0.25) is 0 Å². The first-order valence-corrected chi connectivity index (χ1v) is 7.64. The first-order chi connectivity index (χ1) is 11.4. The highest BCUT2D eigenvalue weighted by Crippen LogP contribution is 2.55. The topological polar surface area (TPSA) is 29.5 Å². The first kappa shape index (κ1) is 22.7. The number of aliphatic hydroxyl groups is 1. The fourth-order valence-corrected chi connectivity index (χ4v) is 2.85. The summed E-state index contributed by atoms with van der Waals surface area (Å²) in [6.07, 6.45) is -11.6. The van der Waals surface area contributed by atoms with Crippen LogP contribution >= 0.6 is 0 Å². The van der Waals surface area contributed by atoms with E-state index in [2.05, 4.69) is 4.74 Å². The maximum absolute atomic E-state index is 14.1. The molecule has 0 heterocycles. The molecule has 2 nitrogen and oxygen atoms in total. The summed E-state index contributed by atoms with van der Waals surface area (Å²) in [5, 5.41) is 10.0. The highest BCUT2D eigenvalue weighted by atomic mass is 19.4. The summed E-state index contributed by atoms with van der Waals surface area (Å²) in [5.74, 6) is -1.07. The van der Waals surface area contributed by atoms with E-state index in [1.807, 2.05) is 0 Å². The summed E-state index contributed by atoms with van der Waals surface area (Å²) < 4.78 is 99.6. The Balaban J connectivity index is 3.52. The van der Waals surface area contributed by atoms with Gasteiger partial charge in [-0.1, -0.05) is 32.9 Å². The summed E-state index contributed by atoms with van der Waals surface area (Å²) in [4.78, 5) is 0. The molecule has 0 aromatic heterocycles. The van der Waals surface area contributed by atoms with Crippen LogP contribution in [0.25, 0.3) is 0 Å². The third-order valence-electron chi connectivity index (χ3n) is 4.07. The van der Waals surface area contributed by atoms with E-state index in [-0.39, 0.29) is 5.56 Å². The van der Waals surface area contributed by atoms with E-state index in [9.17, 15) is 35.8 Å². The van der Waals surface area contributed by atoms with Crippen LogP contribution in [0.1, 0.15) is 45.7 Å². The van der Waals surface area contributed by atoms with Gasteiger partial charge in [-0.25, -0.2) is 4.39 Å². The van der Waals surface area contributed by atoms with Gasteiger partial charge in [0.1, 0.15) is 5.82 Å². The van der Waals surface area contributed by atoms with Crippen molar-refractivity contribution >= 4 is 0 Å². The van der Waals surface area contributed by atoms with Crippen LogP contribution in [0.2, 0.25) is 0 Å². The number of hydrogen-bond donors (Lipinski definition) is 1. The minimum atomic E-state index is -5.80. The molecule has 150 valence electrons. The molecule has 0 aliphatic carbocycles. The van der Waals surface area contributed by atoms with Gasteiger partial charge in [-0.15, -0.1) is 0 Å². The third kappa shape index (κ3) is 3.98. The molecule has 1 aromatic rings. The molecule has 0 spiro atoms. The Labute approximate surface area is 147 Å². The summed E-state index contributed by atoms with van der Waals surface area (Å²) in [5.41, 5.74) is -9.37. The normalized spacial score (nSPS) is 14.7. The number of alkyl halides is 6. The molecular formula is C17H21F7O2. The summed E-state index contributed by atoms with van der Waals surface area (Å²) in [6.45, 7) is 3.37. The fourth-order valence-electron chi connectivity index (χ4n) is 2.85. The van der Waals surface area contributed by atoms with Crippen LogP contribution in [0.15, 0.2) is 18.2 Å². The zero-order valence-corrected chi connectivity index (χ0v) is 14.9. The Bertz CT molecular complexity index is 598. The second kappa shape index (κ2) is 6.67. The van der Waals surface area contributed by atoms with Crippen LogP contribution in [-0.2, 0) is 16.9 Å². The molecule has 0 saturated carbocycles. The molecule has 1 aromatic carbocycles. The molecule has 0 unspecified atom stereocenters. The van der Waals surface area contributed by atoms with Crippen LogP contribution in [0.3, 0.4) is 0 Å². The van der Waals surface area contributed by atoms with E-state index in [1.54, 1.807) is 0 Å². The van der Waals surface area contributed by atoms with Gasteiger partial charge in [0, 0.05) is 11.0 Å². The van der Waals surface area contributed by atoms with E-state index in [4.69, 9.17) is 0 Å². The number of benzene rings is 1. The molecule has 0 saturated heterocycles. The zero-order chi connectivity index (χ0) is 20.8. The molecule has 0 aliphatic rings. The second-order valence-electron chi connectivity index (χ2n) is 7.54. The lowest BCUT2D eigenvalue weighted by molar-refractivity contribution is -0.413. The van der Waals surface area contributed by atoms with Gasteiger partial charge in [0.15, 0.2) is 0 Å². The summed E-state index contributed by atoms with van der Waals surface area (Å²) in [7, 11) is 0. The summed E-state index contributed by atoms with van der Waals surface area (Å²) in [6, 6.07) is 3.27. The van der Waals surface area contributed by atoms with Crippen molar-refractivity contribution in [3.8, 4) is 0 Å².